The van der Waals surface area contributed by atoms with Crippen molar-refractivity contribution in [2.24, 2.45) is 0 Å². The average Bonchev–Trinajstić information content (AvgIpc) is 2.96. The number of halogens is 1. The van der Waals surface area contributed by atoms with Crippen LogP contribution < -0.4 is 0 Å². The van der Waals surface area contributed by atoms with Crippen molar-refractivity contribution in [3.63, 3.8) is 0 Å². The van der Waals surface area contributed by atoms with Gasteiger partial charge in [-0.2, -0.15) is 10.5 Å². The molecule has 3 aromatic carbocycles. The number of benzene rings is 3. The molecule has 0 aliphatic heterocycles. The summed E-state index contributed by atoms with van der Waals surface area (Å²) in [5.41, 5.74) is 8.60. The largest absolute Gasteiger partial charge is 0.256 e. The standard InChI is InChI=1S/C20H16N2.C13H9BrN2/c21-13-12-16-6-9-19(10-7-16)20-11-8-18(15-22-20)14-17-4-2-1-3-5-17;14-12-5-6-13(16-9-12)11-3-1-10(2-4-11)7-8-15/h1-11,15H,12,14H2;1-6,9H,7H2. The molecule has 0 saturated heterocycles. The smallest absolute Gasteiger partial charge is 0.0702 e. The molecule has 2 heterocycles. The van der Waals surface area contributed by atoms with Crippen molar-refractivity contribution in [1.29, 1.82) is 10.5 Å². The lowest BCUT2D eigenvalue weighted by Crippen LogP contribution is -1.91. The molecule has 0 radical (unpaired) electrons. The molecule has 4 nitrogen and oxygen atoms in total. The predicted molar refractivity (Wildman–Crippen MR) is 155 cm³/mol. The van der Waals surface area contributed by atoms with Gasteiger partial charge in [0.25, 0.3) is 0 Å². The van der Waals surface area contributed by atoms with E-state index in [-0.39, 0.29) is 0 Å². The Morgan fingerprint density at radius 3 is 1.47 bits per heavy atom. The zero-order chi connectivity index (χ0) is 26.6. The normalized spacial score (nSPS) is 9.97. The summed E-state index contributed by atoms with van der Waals surface area (Å²) in [5.74, 6) is 0. The van der Waals surface area contributed by atoms with Crippen molar-refractivity contribution in [2.45, 2.75) is 19.3 Å². The second kappa shape index (κ2) is 13.7. The van der Waals surface area contributed by atoms with Gasteiger partial charge in [-0.3, -0.25) is 9.97 Å². The van der Waals surface area contributed by atoms with Gasteiger partial charge in [-0.15, -0.1) is 0 Å². The summed E-state index contributed by atoms with van der Waals surface area (Å²) < 4.78 is 0.970. The van der Waals surface area contributed by atoms with Crippen LogP contribution in [0.15, 0.2) is 120 Å². The summed E-state index contributed by atoms with van der Waals surface area (Å²) in [6.07, 6.45) is 5.51. The van der Waals surface area contributed by atoms with Crippen molar-refractivity contribution in [3.8, 4) is 34.7 Å². The van der Waals surface area contributed by atoms with E-state index >= 15 is 0 Å². The van der Waals surface area contributed by atoms with Gasteiger partial charge < -0.3 is 0 Å². The first-order chi connectivity index (χ1) is 18.6. The van der Waals surface area contributed by atoms with E-state index in [1.54, 1.807) is 6.20 Å². The predicted octanol–water partition coefficient (Wildman–Crippen LogP) is 7.98. The Bertz CT molecular complexity index is 1510. The molecule has 0 aliphatic rings. The summed E-state index contributed by atoms with van der Waals surface area (Å²) in [4.78, 5) is 8.87. The third-order valence-corrected chi connectivity index (χ3v) is 6.34. The number of nitrogens with zero attached hydrogens (tertiary/aromatic N) is 4. The van der Waals surface area contributed by atoms with Crippen molar-refractivity contribution in [1.82, 2.24) is 9.97 Å². The number of hydrogen-bond donors (Lipinski definition) is 0. The molecule has 184 valence electrons. The van der Waals surface area contributed by atoms with E-state index in [1.165, 1.54) is 11.1 Å². The van der Waals surface area contributed by atoms with Crippen LogP contribution in [-0.4, -0.2) is 9.97 Å². The summed E-state index contributed by atoms with van der Waals surface area (Å²) in [6.45, 7) is 0. The molecule has 0 amide bonds. The lowest BCUT2D eigenvalue weighted by Gasteiger charge is -2.05. The molecule has 5 heteroatoms. The van der Waals surface area contributed by atoms with Crippen molar-refractivity contribution in [2.75, 3.05) is 0 Å². The van der Waals surface area contributed by atoms with Crippen LogP contribution in [-0.2, 0) is 19.3 Å². The van der Waals surface area contributed by atoms with Crippen LogP contribution in [0.1, 0.15) is 22.3 Å². The summed E-state index contributed by atoms with van der Waals surface area (Å²) in [5, 5.41) is 17.3. The number of aromatic nitrogens is 2. The van der Waals surface area contributed by atoms with Crippen LogP contribution in [0.4, 0.5) is 0 Å². The second-order valence-electron chi connectivity index (χ2n) is 8.64. The Hall–Kier alpha value is -4.58. The topological polar surface area (TPSA) is 73.4 Å². The Morgan fingerprint density at radius 2 is 1.03 bits per heavy atom. The zero-order valence-electron chi connectivity index (χ0n) is 20.8. The maximum atomic E-state index is 8.70. The highest BCUT2D eigenvalue weighted by Crippen LogP contribution is 2.20. The molecule has 0 spiro atoms. The first-order valence-corrected chi connectivity index (χ1v) is 13.0. The summed E-state index contributed by atoms with van der Waals surface area (Å²) in [7, 11) is 0. The van der Waals surface area contributed by atoms with Gasteiger partial charge in [0.05, 0.1) is 36.4 Å². The molecule has 2 aromatic heterocycles. The zero-order valence-corrected chi connectivity index (χ0v) is 22.3. The molecule has 5 aromatic rings. The van der Waals surface area contributed by atoms with Crippen LogP contribution in [0.2, 0.25) is 0 Å². The molecule has 0 atom stereocenters. The van der Waals surface area contributed by atoms with Gasteiger partial charge in [-0.25, -0.2) is 0 Å². The van der Waals surface area contributed by atoms with Crippen LogP contribution in [0.3, 0.4) is 0 Å². The van der Waals surface area contributed by atoms with E-state index in [2.05, 4.69) is 74.4 Å². The van der Waals surface area contributed by atoms with E-state index in [4.69, 9.17) is 10.5 Å². The van der Waals surface area contributed by atoms with Crippen LogP contribution >= 0.6 is 15.9 Å². The minimum atomic E-state index is 0.448. The summed E-state index contributed by atoms with van der Waals surface area (Å²) >= 11 is 3.35. The minimum absolute atomic E-state index is 0.448. The molecule has 38 heavy (non-hydrogen) atoms. The molecule has 0 bridgehead atoms. The van der Waals surface area contributed by atoms with Crippen molar-refractivity contribution in [3.05, 3.63) is 142 Å². The highest BCUT2D eigenvalue weighted by molar-refractivity contribution is 9.10. The van der Waals surface area contributed by atoms with E-state index in [9.17, 15) is 0 Å². The van der Waals surface area contributed by atoms with E-state index in [0.29, 0.717) is 12.8 Å². The lowest BCUT2D eigenvalue weighted by molar-refractivity contribution is 1.15. The van der Waals surface area contributed by atoms with Crippen LogP contribution in [0.5, 0.6) is 0 Å². The fraction of sp³-hybridized carbons (Fsp3) is 0.0909. The van der Waals surface area contributed by atoms with Crippen molar-refractivity contribution < 1.29 is 0 Å². The third kappa shape index (κ3) is 7.71. The van der Waals surface area contributed by atoms with E-state index in [1.807, 2.05) is 72.9 Å². The molecular formula is C33H25BrN4. The Balaban J connectivity index is 0.000000186. The Labute approximate surface area is 232 Å². The summed E-state index contributed by atoms with van der Waals surface area (Å²) in [6, 6.07) is 38.7. The maximum absolute atomic E-state index is 8.70. The molecule has 0 aliphatic carbocycles. The highest BCUT2D eigenvalue weighted by atomic mass is 79.9. The van der Waals surface area contributed by atoms with Crippen LogP contribution in [0.25, 0.3) is 22.5 Å². The van der Waals surface area contributed by atoms with Crippen molar-refractivity contribution >= 4 is 15.9 Å². The number of rotatable bonds is 6. The molecular weight excluding hydrogens is 532 g/mol. The fourth-order valence-electron chi connectivity index (χ4n) is 3.85. The van der Waals surface area contributed by atoms with Crippen LogP contribution in [0, 0.1) is 22.7 Å². The minimum Gasteiger partial charge on any atom is -0.256 e. The monoisotopic (exact) mass is 556 g/mol. The Morgan fingerprint density at radius 1 is 0.526 bits per heavy atom. The molecule has 5 rings (SSSR count). The number of pyridine rings is 2. The first-order valence-electron chi connectivity index (χ1n) is 12.2. The lowest BCUT2D eigenvalue weighted by atomic mass is 10.0. The van der Waals surface area contributed by atoms with Gasteiger partial charge in [0.15, 0.2) is 0 Å². The second-order valence-corrected chi connectivity index (χ2v) is 9.56. The quantitative estimate of drug-likeness (QED) is 0.212. The first kappa shape index (κ1) is 26.5. The maximum Gasteiger partial charge on any atom is 0.0702 e. The SMILES string of the molecule is N#CCc1ccc(-c2ccc(Br)cn2)cc1.N#CCc1ccc(-c2ccc(Cc3ccccc3)cn2)cc1. The highest BCUT2D eigenvalue weighted by Gasteiger charge is 2.02. The number of hydrogen-bond acceptors (Lipinski definition) is 4. The molecule has 0 fully saturated rings. The van der Waals surface area contributed by atoms with E-state index in [0.717, 1.165) is 44.5 Å². The third-order valence-electron chi connectivity index (χ3n) is 5.87. The average molecular weight is 557 g/mol. The van der Waals surface area contributed by atoms with Gasteiger partial charge in [-0.05, 0) is 62.8 Å². The molecule has 0 saturated carbocycles. The van der Waals surface area contributed by atoms with Gasteiger partial charge in [0.1, 0.15) is 0 Å². The number of nitriles is 2. The van der Waals surface area contributed by atoms with E-state index < -0.39 is 0 Å². The van der Waals surface area contributed by atoms with Gasteiger partial charge in [-0.1, -0.05) is 84.9 Å². The molecule has 0 unspecified atom stereocenters. The fourth-order valence-corrected chi connectivity index (χ4v) is 4.08. The van der Waals surface area contributed by atoms with Gasteiger partial charge in [0, 0.05) is 28.0 Å². The Kier molecular flexibility index (Phi) is 9.51. The van der Waals surface area contributed by atoms with Gasteiger partial charge >= 0.3 is 0 Å². The van der Waals surface area contributed by atoms with Gasteiger partial charge in [0.2, 0.25) is 0 Å². The molecule has 0 N–H and O–H groups in total.